The van der Waals surface area contributed by atoms with Gasteiger partial charge in [-0.15, -0.1) is 0 Å². The molecule has 7 nitrogen and oxygen atoms in total. The Balaban J connectivity index is 1.84. The van der Waals surface area contributed by atoms with Crippen molar-refractivity contribution in [2.75, 3.05) is 52.3 Å². The third kappa shape index (κ3) is 3.86. The Labute approximate surface area is 186 Å². The van der Waals surface area contributed by atoms with Crippen molar-refractivity contribution in [1.29, 1.82) is 0 Å². The number of imide groups is 1. The number of anilines is 1. The van der Waals surface area contributed by atoms with Crippen LogP contribution in [0.25, 0.3) is 5.57 Å². The van der Waals surface area contributed by atoms with Crippen molar-refractivity contribution in [3.63, 3.8) is 0 Å². The quantitative estimate of drug-likeness (QED) is 0.665. The Morgan fingerprint density at radius 2 is 1.58 bits per heavy atom. The van der Waals surface area contributed by atoms with Crippen molar-refractivity contribution in [2.45, 2.75) is 0 Å². The first kappa shape index (κ1) is 21.2. The molecule has 2 aliphatic heterocycles. The van der Waals surface area contributed by atoms with E-state index in [9.17, 15) is 9.59 Å². The number of carbonyl (C=O) groups excluding carboxylic acids is 2. The van der Waals surface area contributed by atoms with E-state index in [0.717, 1.165) is 13.1 Å². The Morgan fingerprint density at radius 3 is 2.23 bits per heavy atom. The molecular weight excluding hydrogens is 418 g/mol. The summed E-state index contributed by atoms with van der Waals surface area (Å²) in [7, 11) is 5.13. The summed E-state index contributed by atoms with van der Waals surface area (Å²) in [5, 5.41) is 0.457. The lowest BCUT2D eigenvalue weighted by atomic mass is 10.0. The van der Waals surface area contributed by atoms with Gasteiger partial charge in [0.2, 0.25) is 0 Å². The first-order valence-electron chi connectivity index (χ1n) is 9.99. The van der Waals surface area contributed by atoms with Gasteiger partial charge in [-0.2, -0.15) is 0 Å². The molecule has 0 saturated carbocycles. The zero-order valence-electron chi connectivity index (χ0n) is 17.7. The van der Waals surface area contributed by atoms with Crippen LogP contribution in [0, 0.1) is 0 Å². The summed E-state index contributed by atoms with van der Waals surface area (Å²) in [4.78, 5) is 32.6. The number of hydrogen-bond donors (Lipinski definition) is 0. The van der Waals surface area contributed by atoms with E-state index in [2.05, 4.69) is 4.90 Å². The molecule has 0 N–H and O–H groups in total. The van der Waals surface area contributed by atoms with Crippen LogP contribution in [0.5, 0.6) is 11.5 Å². The van der Waals surface area contributed by atoms with Crippen LogP contribution in [0.2, 0.25) is 5.02 Å². The molecule has 0 atom stereocenters. The van der Waals surface area contributed by atoms with E-state index >= 15 is 0 Å². The second-order valence-corrected chi connectivity index (χ2v) is 7.95. The zero-order valence-corrected chi connectivity index (χ0v) is 18.5. The average Bonchev–Trinajstić information content (AvgIpc) is 3.03. The van der Waals surface area contributed by atoms with Crippen LogP contribution in [-0.4, -0.2) is 69.1 Å². The van der Waals surface area contributed by atoms with Crippen LogP contribution < -0.4 is 14.4 Å². The number of likely N-dealkylation sites (N-methyl/N-ethyl adjacent to an activating group) is 1. The predicted molar refractivity (Wildman–Crippen MR) is 119 cm³/mol. The van der Waals surface area contributed by atoms with Crippen LogP contribution in [0.1, 0.15) is 5.56 Å². The van der Waals surface area contributed by atoms with Gasteiger partial charge < -0.3 is 19.3 Å². The Bertz CT molecular complexity index is 1060. The van der Waals surface area contributed by atoms with E-state index in [1.54, 1.807) is 49.6 Å². The molecule has 8 heteroatoms. The summed E-state index contributed by atoms with van der Waals surface area (Å²) in [6, 6.07) is 12.0. The van der Waals surface area contributed by atoms with Crippen molar-refractivity contribution in [1.82, 2.24) is 9.80 Å². The molecule has 2 heterocycles. The van der Waals surface area contributed by atoms with Gasteiger partial charge in [-0.05, 0) is 42.9 Å². The van der Waals surface area contributed by atoms with Crippen molar-refractivity contribution in [3.8, 4) is 11.5 Å². The molecule has 0 spiro atoms. The smallest absolute Gasteiger partial charge is 0.282 e. The van der Waals surface area contributed by atoms with Gasteiger partial charge >= 0.3 is 0 Å². The number of benzene rings is 2. The van der Waals surface area contributed by atoms with Gasteiger partial charge in [-0.3, -0.25) is 9.59 Å². The second-order valence-electron chi connectivity index (χ2n) is 7.51. The van der Waals surface area contributed by atoms with Crippen LogP contribution in [0.15, 0.2) is 48.2 Å². The lowest BCUT2D eigenvalue weighted by Crippen LogP contribution is -2.46. The average molecular weight is 442 g/mol. The lowest BCUT2D eigenvalue weighted by Gasteiger charge is -2.34. The molecule has 2 aliphatic rings. The van der Waals surface area contributed by atoms with Crippen molar-refractivity contribution in [3.05, 3.63) is 58.7 Å². The SMILES string of the molecule is COc1ccc(C2=C(N3CCN(C)CC3)C(=O)N(c3cccc(Cl)c3)C2=O)cc1OC. The molecule has 0 bridgehead atoms. The molecule has 0 aliphatic carbocycles. The molecule has 2 aromatic carbocycles. The highest BCUT2D eigenvalue weighted by Gasteiger charge is 2.43. The Hall–Kier alpha value is -3.03. The molecule has 31 heavy (non-hydrogen) atoms. The molecule has 1 saturated heterocycles. The van der Waals surface area contributed by atoms with Gasteiger partial charge in [0.15, 0.2) is 11.5 Å². The molecule has 2 amide bonds. The zero-order chi connectivity index (χ0) is 22.1. The first-order chi connectivity index (χ1) is 14.9. The fourth-order valence-corrected chi connectivity index (χ4v) is 4.13. The van der Waals surface area contributed by atoms with Gasteiger partial charge in [-0.1, -0.05) is 23.7 Å². The maximum Gasteiger partial charge on any atom is 0.282 e. The third-order valence-electron chi connectivity index (χ3n) is 5.62. The minimum absolute atomic E-state index is 0.346. The summed E-state index contributed by atoms with van der Waals surface area (Å²) in [6.45, 7) is 2.93. The number of ether oxygens (including phenoxy) is 2. The van der Waals surface area contributed by atoms with E-state index in [1.807, 2.05) is 11.9 Å². The summed E-state index contributed by atoms with van der Waals surface area (Å²) < 4.78 is 10.8. The minimum atomic E-state index is -0.381. The van der Waals surface area contributed by atoms with Crippen LogP contribution in [0.3, 0.4) is 0 Å². The second kappa shape index (κ2) is 8.61. The van der Waals surface area contributed by atoms with Gasteiger partial charge in [0.1, 0.15) is 5.70 Å². The van der Waals surface area contributed by atoms with Crippen molar-refractivity contribution < 1.29 is 19.1 Å². The van der Waals surface area contributed by atoms with Gasteiger partial charge in [-0.25, -0.2) is 4.90 Å². The van der Waals surface area contributed by atoms with Crippen molar-refractivity contribution in [2.24, 2.45) is 0 Å². The standard InChI is InChI=1S/C23H24ClN3O4/c1-25-9-11-26(12-10-25)21-20(15-7-8-18(30-2)19(13-15)31-3)22(28)27(23(21)29)17-6-4-5-16(24)14-17/h4-8,13-14H,9-12H2,1-3H3. The largest absolute Gasteiger partial charge is 0.493 e. The van der Waals surface area contributed by atoms with Gasteiger partial charge in [0, 0.05) is 31.2 Å². The normalized spacial score (nSPS) is 17.5. The fraction of sp³-hybridized carbons (Fsp3) is 0.304. The summed E-state index contributed by atoms with van der Waals surface area (Å²) in [6.07, 6.45) is 0. The fourth-order valence-electron chi connectivity index (χ4n) is 3.94. The highest BCUT2D eigenvalue weighted by molar-refractivity contribution is 6.45. The Morgan fingerprint density at radius 1 is 0.871 bits per heavy atom. The van der Waals surface area contributed by atoms with Crippen molar-refractivity contribution >= 4 is 34.7 Å². The van der Waals surface area contributed by atoms with E-state index in [0.29, 0.717) is 52.1 Å². The van der Waals surface area contributed by atoms with Crippen LogP contribution in [0.4, 0.5) is 5.69 Å². The molecule has 0 aromatic heterocycles. The number of piperazine rings is 1. The van der Waals surface area contributed by atoms with Crippen LogP contribution >= 0.6 is 11.6 Å². The van der Waals surface area contributed by atoms with Crippen LogP contribution in [-0.2, 0) is 9.59 Å². The van der Waals surface area contributed by atoms with Gasteiger partial charge in [0.25, 0.3) is 11.8 Å². The first-order valence-corrected chi connectivity index (χ1v) is 10.4. The monoisotopic (exact) mass is 441 g/mol. The Kier molecular flexibility index (Phi) is 5.89. The highest BCUT2D eigenvalue weighted by atomic mass is 35.5. The molecule has 4 rings (SSSR count). The third-order valence-corrected chi connectivity index (χ3v) is 5.85. The van der Waals surface area contributed by atoms with E-state index in [1.165, 1.54) is 12.0 Å². The number of carbonyl (C=O) groups is 2. The minimum Gasteiger partial charge on any atom is -0.493 e. The maximum absolute atomic E-state index is 13.6. The topological polar surface area (TPSA) is 62.3 Å². The van der Waals surface area contributed by atoms with Gasteiger partial charge in [0.05, 0.1) is 25.5 Å². The predicted octanol–water partition coefficient (Wildman–Crippen LogP) is 2.89. The molecule has 0 radical (unpaired) electrons. The van der Waals surface area contributed by atoms with E-state index < -0.39 is 0 Å². The number of halogens is 1. The molecule has 162 valence electrons. The number of methoxy groups -OCH3 is 2. The highest BCUT2D eigenvalue weighted by Crippen LogP contribution is 2.38. The lowest BCUT2D eigenvalue weighted by molar-refractivity contribution is -0.120. The number of amides is 2. The number of rotatable bonds is 5. The summed E-state index contributed by atoms with van der Waals surface area (Å²) in [5.41, 5.74) is 1.82. The molecule has 0 unspecified atom stereocenters. The van der Waals surface area contributed by atoms with E-state index in [-0.39, 0.29) is 11.8 Å². The molecule has 1 fully saturated rings. The summed E-state index contributed by atoms with van der Waals surface area (Å²) in [5.74, 6) is 0.318. The molecular formula is C23H24ClN3O4. The summed E-state index contributed by atoms with van der Waals surface area (Å²) >= 11 is 6.14. The number of nitrogens with zero attached hydrogens (tertiary/aromatic N) is 3. The van der Waals surface area contributed by atoms with E-state index in [4.69, 9.17) is 21.1 Å². The number of hydrogen-bond acceptors (Lipinski definition) is 6. The molecule has 2 aromatic rings. The maximum atomic E-state index is 13.6.